The topological polar surface area (TPSA) is 64.4 Å². The summed E-state index contributed by atoms with van der Waals surface area (Å²) in [6.45, 7) is 0. The van der Waals surface area contributed by atoms with Crippen molar-refractivity contribution in [3.8, 4) is 11.4 Å². The monoisotopic (exact) mass is 290 g/mol. The SMILES string of the molecule is COc1ccc(F)c(-n2nc(C(=O)O)c3c2CCCC3)c1. The average Bonchev–Trinajstić information content (AvgIpc) is 2.87. The lowest BCUT2D eigenvalue weighted by Gasteiger charge is -2.14. The summed E-state index contributed by atoms with van der Waals surface area (Å²) in [5.74, 6) is -1.03. The molecule has 0 amide bonds. The van der Waals surface area contributed by atoms with Gasteiger partial charge in [-0.2, -0.15) is 5.10 Å². The van der Waals surface area contributed by atoms with Gasteiger partial charge in [-0.1, -0.05) is 0 Å². The van der Waals surface area contributed by atoms with Crippen LogP contribution in [0.25, 0.3) is 5.69 Å². The van der Waals surface area contributed by atoms with Gasteiger partial charge >= 0.3 is 5.97 Å². The average molecular weight is 290 g/mol. The van der Waals surface area contributed by atoms with Crippen molar-refractivity contribution in [2.24, 2.45) is 0 Å². The van der Waals surface area contributed by atoms with Crippen LogP contribution in [0.4, 0.5) is 4.39 Å². The van der Waals surface area contributed by atoms with Crippen molar-refractivity contribution in [2.75, 3.05) is 7.11 Å². The third-order valence-electron chi connectivity index (χ3n) is 3.76. The van der Waals surface area contributed by atoms with Crippen LogP contribution in [0.15, 0.2) is 18.2 Å². The molecule has 0 unspecified atom stereocenters. The Morgan fingerprint density at radius 2 is 2.14 bits per heavy atom. The van der Waals surface area contributed by atoms with E-state index in [1.165, 1.54) is 30.0 Å². The lowest BCUT2D eigenvalue weighted by Crippen LogP contribution is -2.09. The number of aromatic nitrogens is 2. The van der Waals surface area contributed by atoms with Crippen LogP contribution in [-0.2, 0) is 12.8 Å². The smallest absolute Gasteiger partial charge is 0.356 e. The zero-order chi connectivity index (χ0) is 15.0. The molecule has 0 spiro atoms. The fourth-order valence-electron chi connectivity index (χ4n) is 2.75. The van der Waals surface area contributed by atoms with Crippen molar-refractivity contribution < 1.29 is 19.0 Å². The van der Waals surface area contributed by atoms with Crippen molar-refractivity contribution in [3.63, 3.8) is 0 Å². The van der Waals surface area contributed by atoms with Crippen LogP contribution in [-0.4, -0.2) is 28.0 Å². The number of fused-ring (bicyclic) bond motifs is 1. The van der Waals surface area contributed by atoms with E-state index < -0.39 is 11.8 Å². The summed E-state index contributed by atoms with van der Waals surface area (Å²) in [7, 11) is 1.50. The molecular formula is C15H15FN2O3. The number of methoxy groups -OCH3 is 1. The second-order valence-electron chi connectivity index (χ2n) is 5.02. The molecule has 1 aromatic carbocycles. The van der Waals surface area contributed by atoms with E-state index in [0.29, 0.717) is 18.6 Å². The van der Waals surface area contributed by atoms with Crippen LogP contribution in [0.1, 0.15) is 34.6 Å². The number of carboxylic acid groups (broad SMARTS) is 1. The van der Waals surface area contributed by atoms with Gasteiger partial charge in [-0.25, -0.2) is 13.9 Å². The second-order valence-corrected chi connectivity index (χ2v) is 5.02. The van der Waals surface area contributed by atoms with Gasteiger partial charge in [0.2, 0.25) is 0 Å². The van der Waals surface area contributed by atoms with Gasteiger partial charge in [0.15, 0.2) is 5.69 Å². The fourth-order valence-corrected chi connectivity index (χ4v) is 2.75. The Hall–Kier alpha value is -2.37. The molecule has 1 aromatic heterocycles. The maximum absolute atomic E-state index is 14.1. The molecule has 0 atom stereocenters. The number of hydrogen-bond donors (Lipinski definition) is 1. The number of rotatable bonds is 3. The molecule has 1 N–H and O–H groups in total. The summed E-state index contributed by atoms with van der Waals surface area (Å²) < 4.78 is 20.6. The molecule has 1 aliphatic carbocycles. The van der Waals surface area contributed by atoms with Gasteiger partial charge in [0, 0.05) is 17.3 Å². The van der Waals surface area contributed by atoms with Crippen molar-refractivity contribution in [2.45, 2.75) is 25.7 Å². The highest BCUT2D eigenvalue weighted by Gasteiger charge is 2.26. The summed E-state index contributed by atoms with van der Waals surface area (Å²) in [5, 5.41) is 13.4. The summed E-state index contributed by atoms with van der Waals surface area (Å²) in [4.78, 5) is 11.3. The number of carboxylic acids is 1. The molecule has 0 fully saturated rings. The van der Waals surface area contributed by atoms with E-state index >= 15 is 0 Å². The Morgan fingerprint density at radius 1 is 1.38 bits per heavy atom. The minimum absolute atomic E-state index is 0.0203. The highest BCUT2D eigenvalue weighted by molar-refractivity contribution is 5.87. The highest BCUT2D eigenvalue weighted by Crippen LogP contribution is 2.29. The van der Waals surface area contributed by atoms with Gasteiger partial charge in [-0.3, -0.25) is 0 Å². The molecule has 2 aromatic rings. The van der Waals surface area contributed by atoms with Crippen molar-refractivity contribution >= 4 is 5.97 Å². The summed E-state index contributed by atoms with van der Waals surface area (Å²) in [6, 6.07) is 4.35. The highest BCUT2D eigenvalue weighted by atomic mass is 19.1. The first-order valence-electron chi connectivity index (χ1n) is 6.80. The third-order valence-corrected chi connectivity index (χ3v) is 3.76. The first-order valence-corrected chi connectivity index (χ1v) is 6.80. The van der Waals surface area contributed by atoms with E-state index in [2.05, 4.69) is 5.10 Å². The van der Waals surface area contributed by atoms with E-state index in [4.69, 9.17) is 4.74 Å². The standard InChI is InChI=1S/C15H15FN2O3/c1-21-9-6-7-11(16)13(8-9)18-12-5-3-2-4-10(12)14(17-18)15(19)20/h6-8H,2-5H2,1H3,(H,19,20). The number of aromatic carboxylic acids is 1. The maximum Gasteiger partial charge on any atom is 0.356 e. The number of hydrogen-bond acceptors (Lipinski definition) is 3. The lowest BCUT2D eigenvalue weighted by atomic mass is 9.95. The summed E-state index contributed by atoms with van der Waals surface area (Å²) >= 11 is 0. The summed E-state index contributed by atoms with van der Waals surface area (Å²) in [6.07, 6.45) is 3.25. The van der Waals surface area contributed by atoms with Crippen molar-refractivity contribution in [3.05, 3.63) is 41.0 Å². The predicted octanol–water partition coefficient (Wildman–Crippen LogP) is 2.60. The van der Waals surface area contributed by atoms with Gasteiger partial charge in [-0.15, -0.1) is 0 Å². The Balaban J connectivity index is 2.21. The first-order chi connectivity index (χ1) is 10.1. The second kappa shape index (κ2) is 5.20. The van der Waals surface area contributed by atoms with Crippen LogP contribution in [0.3, 0.4) is 0 Å². The number of halogens is 1. The number of ether oxygens (including phenoxy) is 1. The molecule has 0 saturated heterocycles. The molecular weight excluding hydrogens is 275 g/mol. The fraction of sp³-hybridized carbons (Fsp3) is 0.333. The molecule has 6 heteroatoms. The number of nitrogens with zero attached hydrogens (tertiary/aromatic N) is 2. The largest absolute Gasteiger partial charge is 0.497 e. The minimum Gasteiger partial charge on any atom is -0.497 e. The van der Waals surface area contributed by atoms with Gasteiger partial charge in [0.05, 0.1) is 7.11 Å². The van der Waals surface area contributed by atoms with Gasteiger partial charge in [0.25, 0.3) is 0 Å². The van der Waals surface area contributed by atoms with Gasteiger partial charge in [-0.05, 0) is 37.8 Å². The van der Waals surface area contributed by atoms with E-state index in [1.54, 1.807) is 0 Å². The molecule has 110 valence electrons. The Labute approximate surface area is 121 Å². The molecule has 0 aliphatic heterocycles. The van der Waals surface area contributed by atoms with Crippen LogP contribution in [0.5, 0.6) is 5.75 Å². The van der Waals surface area contributed by atoms with E-state index in [-0.39, 0.29) is 11.4 Å². The molecule has 0 bridgehead atoms. The molecule has 0 radical (unpaired) electrons. The van der Waals surface area contributed by atoms with Crippen LogP contribution >= 0.6 is 0 Å². The molecule has 3 rings (SSSR count). The Kier molecular flexibility index (Phi) is 3.37. The van der Waals surface area contributed by atoms with Crippen LogP contribution < -0.4 is 4.74 Å². The number of benzene rings is 1. The van der Waals surface area contributed by atoms with Crippen LogP contribution in [0, 0.1) is 5.82 Å². The van der Waals surface area contributed by atoms with Crippen molar-refractivity contribution in [1.82, 2.24) is 9.78 Å². The predicted molar refractivity (Wildman–Crippen MR) is 73.7 cm³/mol. The normalized spacial score (nSPS) is 13.8. The molecule has 1 aliphatic rings. The Bertz CT molecular complexity index is 709. The van der Waals surface area contributed by atoms with E-state index in [9.17, 15) is 14.3 Å². The zero-order valence-electron chi connectivity index (χ0n) is 11.6. The molecule has 0 saturated carbocycles. The maximum atomic E-state index is 14.1. The van der Waals surface area contributed by atoms with Crippen molar-refractivity contribution in [1.29, 1.82) is 0 Å². The molecule has 1 heterocycles. The number of carbonyl (C=O) groups is 1. The minimum atomic E-state index is -1.07. The van der Waals surface area contributed by atoms with Crippen LogP contribution in [0.2, 0.25) is 0 Å². The van der Waals surface area contributed by atoms with Gasteiger partial charge in [0.1, 0.15) is 17.3 Å². The zero-order valence-corrected chi connectivity index (χ0v) is 11.6. The van der Waals surface area contributed by atoms with E-state index in [1.807, 2.05) is 0 Å². The quantitative estimate of drug-likeness (QED) is 0.943. The molecule has 21 heavy (non-hydrogen) atoms. The van der Waals surface area contributed by atoms with Gasteiger partial charge < -0.3 is 9.84 Å². The lowest BCUT2D eigenvalue weighted by molar-refractivity contribution is 0.0688. The van der Waals surface area contributed by atoms with E-state index in [0.717, 1.165) is 24.1 Å². The first kappa shape index (κ1) is 13.6. The summed E-state index contributed by atoms with van der Waals surface area (Å²) in [5.41, 5.74) is 1.74. The third kappa shape index (κ3) is 2.26. The molecule has 5 nitrogen and oxygen atoms in total. The Morgan fingerprint density at radius 3 is 2.86 bits per heavy atom.